The van der Waals surface area contributed by atoms with Crippen LogP contribution in [0.25, 0.3) is 0 Å². The fourth-order valence-corrected chi connectivity index (χ4v) is 3.42. The molecule has 8 nitrogen and oxygen atoms in total. The number of nitrogens with one attached hydrogen (secondary N) is 3. The minimum Gasteiger partial charge on any atom is -0.407 e. The zero-order chi connectivity index (χ0) is 20.5. The molecule has 0 aromatic carbocycles. The lowest BCUT2D eigenvalue weighted by Crippen LogP contribution is -2.61. The average molecular weight is 399 g/mol. The van der Waals surface area contributed by atoms with Gasteiger partial charge in [-0.05, 0) is 44.3 Å². The van der Waals surface area contributed by atoms with E-state index < -0.39 is 8.32 Å². The summed E-state index contributed by atoms with van der Waals surface area (Å²) in [5, 5.41) is 0.0349. The molecule has 3 N–H and O–H groups in total. The first-order chi connectivity index (χ1) is 12.4. The van der Waals surface area contributed by atoms with Gasteiger partial charge < -0.3 is 4.43 Å². The summed E-state index contributed by atoms with van der Waals surface area (Å²) in [5.41, 5.74) is 7.40. The molecule has 1 atom stereocenters. The van der Waals surface area contributed by atoms with E-state index in [1.165, 1.54) is 0 Å². The smallest absolute Gasteiger partial charge is 0.263 e. The summed E-state index contributed by atoms with van der Waals surface area (Å²) in [7, 11) is -1.98. The third-order valence-corrected chi connectivity index (χ3v) is 10.5. The Morgan fingerprint density at radius 2 is 1.96 bits per heavy atom. The molecule has 2 aliphatic rings. The van der Waals surface area contributed by atoms with Crippen LogP contribution in [0.3, 0.4) is 0 Å². The molecule has 1 saturated heterocycles. The van der Waals surface area contributed by atoms with Crippen LogP contribution in [0.5, 0.6) is 0 Å². The highest BCUT2D eigenvalue weighted by Gasteiger charge is 2.43. The van der Waals surface area contributed by atoms with Crippen LogP contribution in [0, 0.1) is 5.92 Å². The lowest BCUT2D eigenvalue weighted by atomic mass is 9.80. The van der Waals surface area contributed by atoms with Gasteiger partial charge in [0.2, 0.25) is 5.91 Å². The van der Waals surface area contributed by atoms with Crippen molar-refractivity contribution < 1.29 is 18.9 Å². The van der Waals surface area contributed by atoms with E-state index in [9.17, 15) is 9.59 Å². The topological polar surface area (TPSA) is 101 Å². The summed E-state index contributed by atoms with van der Waals surface area (Å²) in [6.07, 6.45) is 2.19. The number of aliphatic imine (C=N–C) groups is 1. The normalized spacial score (nSPS) is 29.4. The second-order valence-electron chi connectivity index (χ2n) is 9.17. The van der Waals surface area contributed by atoms with E-state index in [0.29, 0.717) is 12.8 Å². The number of hydroxylamine groups is 1. The maximum Gasteiger partial charge on any atom is 0.263 e. The first-order valence-electron chi connectivity index (χ1n) is 9.63. The van der Waals surface area contributed by atoms with Gasteiger partial charge in [0, 0.05) is 5.92 Å². The fraction of sp³-hybridized carbons (Fsp3) is 0.833. The maximum absolute atomic E-state index is 12.1. The van der Waals surface area contributed by atoms with E-state index in [4.69, 9.17) is 9.26 Å². The quantitative estimate of drug-likeness (QED) is 0.469. The third kappa shape index (κ3) is 5.08. The van der Waals surface area contributed by atoms with Gasteiger partial charge in [0.25, 0.3) is 5.91 Å². The summed E-state index contributed by atoms with van der Waals surface area (Å²) in [5.74, 6) is 0.210. The molecule has 0 radical (unpaired) electrons. The number of amides is 2. The van der Waals surface area contributed by atoms with Crippen LogP contribution >= 0.6 is 0 Å². The molecule has 1 aliphatic heterocycles. The predicted octanol–water partition coefficient (Wildman–Crippen LogP) is 2.04. The van der Waals surface area contributed by atoms with Crippen LogP contribution in [-0.4, -0.2) is 44.2 Å². The lowest BCUT2D eigenvalue weighted by molar-refractivity contribution is -0.134. The predicted molar refractivity (Wildman–Crippen MR) is 106 cm³/mol. The Kier molecular flexibility index (Phi) is 6.38. The standard InChI is InChI=1S/C18H34N4O4Si/c1-8-18(5)16(22-26-18)19-13-9-12(10-13)15(24)21-20-14(23)11-25-27(6,7)17(2,3)4/h12-13H,8-11H2,1-7H3,(H,19,22)(H,20,23)(H,21,24)/t12?,13?,18-/m1/s1. The van der Waals surface area contributed by atoms with Crippen molar-refractivity contribution in [3.05, 3.63) is 0 Å². The summed E-state index contributed by atoms with van der Waals surface area (Å²) in [6.45, 7) is 14.5. The first kappa shape index (κ1) is 21.8. The number of amidine groups is 1. The summed E-state index contributed by atoms with van der Waals surface area (Å²) in [4.78, 5) is 34.0. The van der Waals surface area contributed by atoms with Gasteiger partial charge >= 0.3 is 0 Å². The Bertz CT molecular complexity index is 607. The van der Waals surface area contributed by atoms with Gasteiger partial charge in [-0.3, -0.25) is 30.3 Å². The molecule has 0 unspecified atom stereocenters. The summed E-state index contributed by atoms with van der Waals surface area (Å²) in [6, 6.07) is 0.121. The second kappa shape index (κ2) is 7.88. The zero-order valence-electron chi connectivity index (χ0n) is 17.6. The zero-order valence-corrected chi connectivity index (χ0v) is 18.6. The van der Waals surface area contributed by atoms with Crippen LogP contribution in [0.1, 0.15) is 53.9 Å². The Hall–Kier alpha value is -1.45. The molecule has 0 bridgehead atoms. The second-order valence-corrected chi connectivity index (χ2v) is 14.0. The van der Waals surface area contributed by atoms with Crippen LogP contribution in [0.15, 0.2) is 4.99 Å². The molecule has 0 aromatic heterocycles. The Balaban J connectivity index is 1.67. The average Bonchev–Trinajstić information content (AvgIpc) is 2.53. The molecule has 0 aromatic rings. The van der Waals surface area contributed by atoms with Gasteiger partial charge in [-0.15, -0.1) is 0 Å². The van der Waals surface area contributed by atoms with Crippen molar-refractivity contribution in [1.82, 2.24) is 16.3 Å². The Morgan fingerprint density at radius 3 is 2.44 bits per heavy atom. The van der Waals surface area contributed by atoms with E-state index in [2.05, 4.69) is 55.2 Å². The number of carbonyl (C=O) groups is 2. The van der Waals surface area contributed by atoms with Gasteiger partial charge in [-0.25, -0.2) is 5.48 Å². The number of nitrogens with zero attached hydrogens (tertiary/aromatic N) is 1. The highest BCUT2D eigenvalue weighted by molar-refractivity contribution is 6.74. The number of rotatable bonds is 6. The molecule has 27 heavy (non-hydrogen) atoms. The maximum atomic E-state index is 12.1. The molecule has 1 saturated carbocycles. The molecule has 2 amide bonds. The third-order valence-electron chi connectivity index (χ3n) is 6.04. The molecule has 2 fully saturated rings. The van der Waals surface area contributed by atoms with E-state index in [-0.39, 0.29) is 41.0 Å². The number of hydrogen-bond donors (Lipinski definition) is 3. The monoisotopic (exact) mass is 398 g/mol. The van der Waals surface area contributed by atoms with Gasteiger partial charge in [0.15, 0.2) is 19.8 Å². The van der Waals surface area contributed by atoms with Crippen LogP contribution in [-0.2, 0) is 18.9 Å². The number of hydrogen-bond acceptors (Lipinski definition) is 5. The van der Waals surface area contributed by atoms with Gasteiger partial charge in [-0.1, -0.05) is 27.7 Å². The summed E-state index contributed by atoms with van der Waals surface area (Å²) >= 11 is 0. The number of hydrazine groups is 1. The lowest BCUT2D eigenvalue weighted by Gasteiger charge is -2.41. The minimum atomic E-state index is -1.98. The van der Waals surface area contributed by atoms with Crippen molar-refractivity contribution in [2.45, 2.75) is 83.7 Å². The van der Waals surface area contributed by atoms with E-state index in [0.717, 1.165) is 12.3 Å². The van der Waals surface area contributed by atoms with E-state index in [1.54, 1.807) is 0 Å². The van der Waals surface area contributed by atoms with Crippen molar-refractivity contribution >= 4 is 26.0 Å². The molecule has 0 spiro atoms. The highest BCUT2D eigenvalue weighted by atomic mass is 28.4. The van der Waals surface area contributed by atoms with Crippen LogP contribution in [0.4, 0.5) is 0 Å². The molecular weight excluding hydrogens is 364 g/mol. The van der Waals surface area contributed by atoms with Crippen molar-refractivity contribution in [3.63, 3.8) is 0 Å². The van der Waals surface area contributed by atoms with Crippen LogP contribution < -0.4 is 16.3 Å². The highest BCUT2D eigenvalue weighted by Crippen LogP contribution is 2.36. The SMILES string of the molecule is CC[C@@]1(C)ONC1=NC1CC(C(=O)NNC(=O)CO[Si](C)(C)C(C)(C)C)C1. The molecule has 1 aliphatic carbocycles. The molecule has 1 heterocycles. The van der Waals surface area contributed by atoms with Crippen molar-refractivity contribution in [1.29, 1.82) is 0 Å². The van der Waals surface area contributed by atoms with Crippen molar-refractivity contribution in [3.8, 4) is 0 Å². The minimum absolute atomic E-state index is 0.0349. The first-order valence-corrected chi connectivity index (χ1v) is 12.5. The number of carbonyl (C=O) groups excluding carboxylic acids is 2. The molecule has 2 rings (SSSR count). The Labute approximate surface area is 162 Å². The molecular formula is C18H34N4O4Si. The van der Waals surface area contributed by atoms with Gasteiger partial charge in [0.05, 0.1) is 6.04 Å². The van der Waals surface area contributed by atoms with Gasteiger partial charge in [0.1, 0.15) is 6.61 Å². The van der Waals surface area contributed by atoms with Gasteiger partial charge in [-0.2, -0.15) is 0 Å². The van der Waals surface area contributed by atoms with Crippen molar-refractivity contribution in [2.24, 2.45) is 10.9 Å². The van der Waals surface area contributed by atoms with E-state index in [1.807, 2.05) is 13.8 Å². The van der Waals surface area contributed by atoms with E-state index >= 15 is 0 Å². The molecule has 9 heteroatoms. The van der Waals surface area contributed by atoms with Crippen molar-refractivity contribution in [2.75, 3.05) is 6.61 Å². The molecule has 154 valence electrons. The van der Waals surface area contributed by atoms with Crippen LogP contribution in [0.2, 0.25) is 18.1 Å². The summed E-state index contributed by atoms with van der Waals surface area (Å²) < 4.78 is 5.84. The Morgan fingerprint density at radius 1 is 1.33 bits per heavy atom. The largest absolute Gasteiger partial charge is 0.407 e. The fourth-order valence-electron chi connectivity index (χ4n) is 2.50.